The van der Waals surface area contributed by atoms with E-state index in [1.165, 1.54) is 6.07 Å². The Labute approximate surface area is 116 Å². The van der Waals surface area contributed by atoms with Crippen molar-refractivity contribution < 1.29 is 13.6 Å². The molecular formula is C16H15F2NO. The van der Waals surface area contributed by atoms with Gasteiger partial charge in [0, 0.05) is 11.8 Å². The Kier molecular flexibility index (Phi) is 4.13. The van der Waals surface area contributed by atoms with Gasteiger partial charge < -0.3 is 5.32 Å². The molecule has 0 aliphatic carbocycles. The lowest BCUT2D eigenvalue weighted by Gasteiger charge is -2.08. The van der Waals surface area contributed by atoms with E-state index in [1.54, 1.807) is 6.07 Å². The van der Waals surface area contributed by atoms with Crippen LogP contribution in [0.4, 0.5) is 14.5 Å². The van der Waals surface area contributed by atoms with E-state index in [4.69, 9.17) is 0 Å². The van der Waals surface area contributed by atoms with E-state index in [0.717, 1.165) is 23.3 Å². The number of amides is 1. The van der Waals surface area contributed by atoms with Crippen LogP contribution in [0.2, 0.25) is 0 Å². The predicted octanol–water partition coefficient (Wildman–Crippen LogP) is 3.76. The van der Waals surface area contributed by atoms with Gasteiger partial charge in [0.05, 0.1) is 6.42 Å². The summed E-state index contributed by atoms with van der Waals surface area (Å²) in [7, 11) is 0. The first-order valence-electron chi connectivity index (χ1n) is 6.27. The Bertz CT molecular complexity index is 653. The lowest BCUT2D eigenvalue weighted by Crippen LogP contribution is -2.15. The fraction of sp³-hybridized carbons (Fsp3) is 0.188. The number of hydrogen-bond donors (Lipinski definition) is 1. The number of carbonyl (C=O) groups excluding carboxylic acids is 1. The van der Waals surface area contributed by atoms with E-state index >= 15 is 0 Å². The third-order valence-electron chi connectivity index (χ3n) is 3.16. The molecule has 0 aromatic heterocycles. The maximum atomic E-state index is 13.4. The first-order chi connectivity index (χ1) is 9.45. The van der Waals surface area contributed by atoms with Crippen molar-refractivity contribution in [3.05, 3.63) is 64.7 Å². The molecule has 0 saturated carbocycles. The number of benzene rings is 2. The summed E-state index contributed by atoms with van der Waals surface area (Å²) in [4.78, 5) is 11.8. The maximum Gasteiger partial charge on any atom is 0.228 e. The highest BCUT2D eigenvalue weighted by atomic mass is 19.1. The van der Waals surface area contributed by atoms with E-state index in [0.29, 0.717) is 5.69 Å². The van der Waals surface area contributed by atoms with Gasteiger partial charge in [-0.1, -0.05) is 12.1 Å². The van der Waals surface area contributed by atoms with Gasteiger partial charge in [-0.2, -0.15) is 0 Å². The fourth-order valence-electron chi connectivity index (χ4n) is 1.86. The largest absolute Gasteiger partial charge is 0.326 e. The van der Waals surface area contributed by atoms with E-state index in [2.05, 4.69) is 5.32 Å². The molecule has 0 unspecified atom stereocenters. The van der Waals surface area contributed by atoms with Crippen LogP contribution in [0.5, 0.6) is 0 Å². The molecule has 2 aromatic carbocycles. The quantitative estimate of drug-likeness (QED) is 0.907. The van der Waals surface area contributed by atoms with E-state index in [9.17, 15) is 13.6 Å². The number of halogens is 2. The average molecular weight is 275 g/mol. The minimum atomic E-state index is -0.708. The first-order valence-corrected chi connectivity index (χ1v) is 6.27. The number of carbonyl (C=O) groups is 1. The topological polar surface area (TPSA) is 29.1 Å². The van der Waals surface area contributed by atoms with Crippen LogP contribution in [-0.4, -0.2) is 5.91 Å². The number of hydrogen-bond acceptors (Lipinski definition) is 1. The van der Waals surface area contributed by atoms with Gasteiger partial charge in [-0.3, -0.25) is 4.79 Å². The molecule has 0 saturated heterocycles. The van der Waals surface area contributed by atoms with Gasteiger partial charge in [-0.15, -0.1) is 0 Å². The summed E-state index contributed by atoms with van der Waals surface area (Å²) in [6, 6.07) is 8.75. The minimum Gasteiger partial charge on any atom is -0.326 e. The van der Waals surface area contributed by atoms with Crippen LogP contribution in [0.15, 0.2) is 36.4 Å². The van der Waals surface area contributed by atoms with Crippen molar-refractivity contribution in [3.8, 4) is 0 Å². The molecule has 0 spiro atoms. The Morgan fingerprint density at radius 1 is 1.05 bits per heavy atom. The maximum absolute atomic E-state index is 13.4. The molecule has 0 bridgehead atoms. The van der Waals surface area contributed by atoms with Crippen LogP contribution in [0.25, 0.3) is 0 Å². The lowest BCUT2D eigenvalue weighted by atomic mass is 10.1. The summed E-state index contributed by atoms with van der Waals surface area (Å²) in [5.74, 6) is -1.69. The third-order valence-corrected chi connectivity index (χ3v) is 3.16. The van der Waals surface area contributed by atoms with Crippen LogP contribution >= 0.6 is 0 Å². The van der Waals surface area contributed by atoms with Crippen LogP contribution in [-0.2, 0) is 11.2 Å². The second kappa shape index (κ2) is 5.82. The molecule has 4 heteroatoms. The fourth-order valence-corrected chi connectivity index (χ4v) is 1.86. The second-order valence-electron chi connectivity index (χ2n) is 4.76. The van der Waals surface area contributed by atoms with Crippen molar-refractivity contribution in [2.75, 3.05) is 5.32 Å². The summed E-state index contributed by atoms with van der Waals surface area (Å²) in [6.45, 7) is 3.93. The van der Waals surface area contributed by atoms with Gasteiger partial charge >= 0.3 is 0 Å². The van der Waals surface area contributed by atoms with Gasteiger partial charge in [0.2, 0.25) is 5.91 Å². The molecule has 0 aliphatic heterocycles. The highest BCUT2D eigenvalue weighted by Crippen LogP contribution is 2.15. The Balaban J connectivity index is 2.07. The first kappa shape index (κ1) is 14.2. The average Bonchev–Trinajstić information content (AvgIpc) is 2.37. The van der Waals surface area contributed by atoms with Crippen LogP contribution < -0.4 is 5.32 Å². The van der Waals surface area contributed by atoms with Crippen LogP contribution in [0.3, 0.4) is 0 Å². The molecule has 0 atom stereocenters. The molecule has 0 radical (unpaired) electrons. The summed E-state index contributed by atoms with van der Waals surface area (Å²) >= 11 is 0. The monoisotopic (exact) mass is 275 g/mol. The summed E-state index contributed by atoms with van der Waals surface area (Å²) in [5.41, 5.74) is 3.04. The van der Waals surface area contributed by atoms with Crippen molar-refractivity contribution in [2.24, 2.45) is 0 Å². The molecule has 20 heavy (non-hydrogen) atoms. The molecule has 2 rings (SSSR count). The van der Waals surface area contributed by atoms with E-state index < -0.39 is 11.6 Å². The molecule has 0 aliphatic rings. The van der Waals surface area contributed by atoms with Crippen molar-refractivity contribution in [2.45, 2.75) is 20.3 Å². The number of aryl methyl sites for hydroxylation is 2. The molecule has 1 amide bonds. The van der Waals surface area contributed by atoms with Gasteiger partial charge in [0.1, 0.15) is 11.6 Å². The van der Waals surface area contributed by atoms with Crippen molar-refractivity contribution >= 4 is 11.6 Å². The number of nitrogens with one attached hydrogen (secondary N) is 1. The Morgan fingerprint density at radius 3 is 2.45 bits per heavy atom. The highest BCUT2D eigenvalue weighted by Gasteiger charge is 2.09. The summed E-state index contributed by atoms with van der Waals surface area (Å²) in [6.07, 6.45) is -0.126. The Morgan fingerprint density at radius 2 is 1.80 bits per heavy atom. The highest BCUT2D eigenvalue weighted by molar-refractivity contribution is 5.92. The van der Waals surface area contributed by atoms with E-state index in [-0.39, 0.29) is 17.9 Å². The Hall–Kier alpha value is -2.23. The van der Waals surface area contributed by atoms with Crippen molar-refractivity contribution in [3.63, 3.8) is 0 Å². The summed E-state index contributed by atoms with van der Waals surface area (Å²) < 4.78 is 26.2. The minimum absolute atomic E-state index is 0.126. The van der Waals surface area contributed by atoms with Crippen LogP contribution in [0.1, 0.15) is 16.7 Å². The molecule has 1 N–H and O–H groups in total. The molecular weight excluding hydrogens is 260 g/mol. The molecule has 2 aromatic rings. The molecule has 0 fully saturated rings. The number of rotatable bonds is 3. The van der Waals surface area contributed by atoms with Gasteiger partial charge in [0.25, 0.3) is 0 Å². The second-order valence-corrected chi connectivity index (χ2v) is 4.76. The van der Waals surface area contributed by atoms with Crippen LogP contribution in [0, 0.1) is 25.5 Å². The summed E-state index contributed by atoms with van der Waals surface area (Å²) in [5, 5.41) is 2.70. The third kappa shape index (κ3) is 3.41. The van der Waals surface area contributed by atoms with Gasteiger partial charge in [-0.05, 0) is 48.7 Å². The lowest BCUT2D eigenvalue weighted by molar-refractivity contribution is -0.115. The number of anilines is 1. The zero-order valence-corrected chi connectivity index (χ0v) is 11.3. The van der Waals surface area contributed by atoms with Crippen molar-refractivity contribution in [1.29, 1.82) is 0 Å². The molecule has 104 valence electrons. The predicted molar refractivity (Wildman–Crippen MR) is 74.6 cm³/mol. The van der Waals surface area contributed by atoms with Gasteiger partial charge in [0.15, 0.2) is 0 Å². The normalized spacial score (nSPS) is 10.4. The standard InChI is InChI=1S/C16H15F2NO/c1-10-3-6-14(7-11(10)2)19-16(20)8-12-4-5-13(17)9-15(12)18/h3-7,9H,8H2,1-2H3,(H,19,20). The smallest absolute Gasteiger partial charge is 0.228 e. The SMILES string of the molecule is Cc1ccc(NC(=O)Cc2ccc(F)cc2F)cc1C. The molecule has 2 nitrogen and oxygen atoms in total. The zero-order chi connectivity index (χ0) is 14.7. The van der Waals surface area contributed by atoms with E-state index in [1.807, 2.05) is 26.0 Å². The van der Waals surface area contributed by atoms with Crippen molar-refractivity contribution in [1.82, 2.24) is 0 Å². The zero-order valence-electron chi connectivity index (χ0n) is 11.3. The molecule has 0 heterocycles. The van der Waals surface area contributed by atoms with Gasteiger partial charge in [-0.25, -0.2) is 8.78 Å².